The normalized spacial score (nSPS) is 12.8. The summed E-state index contributed by atoms with van der Waals surface area (Å²) >= 11 is -2.04. The lowest BCUT2D eigenvalue weighted by molar-refractivity contribution is 0.526. The van der Waals surface area contributed by atoms with Gasteiger partial charge in [-0.3, -0.25) is 0 Å². The van der Waals surface area contributed by atoms with Crippen LogP contribution in [0.15, 0.2) is 12.3 Å². The number of pyridine rings is 1. The molecule has 1 rings (SSSR count). The van der Waals surface area contributed by atoms with Crippen molar-refractivity contribution in [2.75, 3.05) is 5.75 Å². The molecule has 0 bridgehead atoms. The zero-order valence-electron chi connectivity index (χ0n) is 6.54. The second-order valence-electron chi connectivity index (χ2n) is 2.34. The molecule has 6 heteroatoms. The van der Waals surface area contributed by atoms with Gasteiger partial charge in [-0.05, 0) is 12.5 Å². The van der Waals surface area contributed by atoms with Crippen LogP contribution >= 0.6 is 0 Å². The minimum atomic E-state index is -2.04. The summed E-state index contributed by atoms with van der Waals surface area (Å²) in [6.45, 7) is 0. The Hall–Kier alpha value is -0.880. The zero-order chi connectivity index (χ0) is 9.84. The van der Waals surface area contributed by atoms with E-state index >= 15 is 0 Å². The van der Waals surface area contributed by atoms with Gasteiger partial charge in [-0.15, -0.1) is 0 Å². The maximum absolute atomic E-state index is 12.8. The fourth-order valence-electron chi connectivity index (χ4n) is 0.857. The van der Waals surface area contributed by atoms with Crippen molar-refractivity contribution in [3.05, 3.63) is 29.6 Å². The fraction of sp³-hybridized carbons (Fsp3) is 0.286. The monoisotopic (exact) mass is 207 g/mol. The lowest BCUT2D eigenvalue weighted by atomic mass is 10.2. The smallest absolute Gasteiger partial charge is 0.218 e. The number of hydrogen-bond acceptors (Lipinski definition) is 2. The molecule has 0 saturated heterocycles. The third-order valence-corrected chi connectivity index (χ3v) is 2.03. The third-order valence-electron chi connectivity index (χ3n) is 1.47. The van der Waals surface area contributed by atoms with Crippen LogP contribution in [0.3, 0.4) is 0 Å². The van der Waals surface area contributed by atoms with Crippen molar-refractivity contribution in [2.24, 2.45) is 0 Å². The summed E-state index contributed by atoms with van der Waals surface area (Å²) in [5.74, 6) is -1.86. The van der Waals surface area contributed by atoms with E-state index < -0.39 is 22.8 Å². The van der Waals surface area contributed by atoms with Crippen LogP contribution in [0.2, 0.25) is 0 Å². The first-order chi connectivity index (χ1) is 6.11. The van der Waals surface area contributed by atoms with Crippen molar-refractivity contribution in [3.8, 4) is 0 Å². The molecular weight excluding hydrogens is 200 g/mol. The van der Waals surface area contributed by atoms with Crippen LogP contribution in [0.4, 0.5) is 8.78 Å². The Bertz CT molecular complexity index is 312. The van der Waals surface area contributed by atoms with E-state index in [0.717, 1.165) is 12.3 Å². The minimum Gasteiger partial charge on any atom is -0.306 e. The molecule has 0 aliphatic rings. The number of nitrogens with zero attached hydrogens (tertiary/aromatic N) is 1. The van der Waals surface area contributed by atoms with Crippen molar-refractivity contribution >= 4 is 11.1 Å². The van der Waals surface area contributed by atoms with Gasteiger partial charge in [0.15, 0.2) is 11.1 Å². The summed E-state index contributed by atoms with van der Waals surface area (Å²) in [7, 11) is 0. The Morgan fingerprint density at radius 2 is 2.23 bits per heavy atom. The summed E-state index contributed by atoms with van der Waals surface area (Å²) < 4.78 is 44.3. The average Bonchev–Trinajstić information content (AvgIpc) is 2.03. The molecule has 1 aromatic heterocycles. The van der Waals surface area contributed by atoms with Crippen molar-refractivity contribution in [2.45, 2.75) is 6.42 Å². The second-order valence-corrected chi connectivity index (χ2v) is 3.39. The van der Waals surface area contributed by atoms with Crippen LogP contribution in [0.5, 0.6) is 0 Å². The highest BCUT2D eigenvalue weighted by atomic mass is 32.2. The first-order valence-corrected chi connectivity index (χ1v) is 4.75. The van der Waals surface area contributed by atoms with E-state index in [1.54, 1.807) is 0 Å². The molecule has 13 heavy (non-hydrogen) atoms. The molecule has 0 aliphatic carbocycles. The Labute approximate surface area is 76.1 Å². The molecular formula is C7H7F2NO2S. The van der Waals surface area contributed by atoms with Crippen molar-refractivity contribution < 1.29 is 17.5 Å². The molecule has 0 aliphatic heterocycles. The van der Waals surface area contributed by atoms with Gasteiger partial charge in [-0.25, -0.2) is 13.6 Å². The fourth-order valence-corrected chi connectivity index (χ4v) is 1.24. The molecule has 0 fully saturated rings. The average molecular weight is 207 g/mol. The number of aromatic nitrogens is 1. The predicted octanol–water partition coefficient (Wildman–Crippen LogP) is 1.12. The maximum atomic E-state index is 12.8. The van der Waals surface area contributed by atoms with Crippen LogP contribution in [-0.4, -0.2) is 19.5 Å². The first-order valence-electron chi connectivity index (χ1n) is 3.47. The van der Waals surface area contributed by atoms with E-state index in [1.165, 1.54) is 0 Å². The highest BCUT2D eigenvalue weighted by Crippen LogP contribution is 2.10. The lowest BCUT2D eigenvalue weighted by Crippen LogP contribution is -2.04. The quantitative estimate of drug-likeness (QED) is 0.597. The first kappa shape index (κ1) is 10.2. The summed E-state index contributed by atoms with van der Waals surface area (Å²) in [5, 5.41) is 0. The van der Waals surface area contributed by atoms with Crippen LogP contribution in [0, 0.1) is 11.8 Å². The van der Waals surface area contributed by atoms with Crippen molar-refractivity contribution in [1.82, 2.24) is 4.98 Å². The third kappa shape index (κ3) is 2.82. The van der Waals surface area contributed by atoms with E-state index in [-0.39, 0.29) is 17.7 Å². The Balaban J connectivity index is 2.81. The summed E-state index contributed by atoms with van der Waals surface area (Å²) in [4.78, 5) is 3.23. The van der Waals surface area contributed by atoms with Crippen LogP contribution in [-0.2, 0) is 17.5 Å². The van der Waals surface area contributed by atoms with E-state index in [4.69, 9.17) is 4.55 Å². The van der Waals surface area contributed by atoms with Gasteiger partial charge in [0.05, 0.1) is 5.75 Å². The van der Waals surface area contributed by atoms with E-state index in [9.17, 15) is 13.0 Å². The van der Waals surface area contributed by atoms with Crippen molar-refractivity contribution in [3.63, 3.8) is 0 Å². The van der Waals surface area contributed by atoms with Gasteiger partial charge in [0, 0.05) is 11.8 Å². The molecule has 0 saturated carbocycles. The maximum Gasteiger partial charge on any atom is 0.218 e. The number of halogens is 2. The van der Waals surface area contributed by atoms with Gasteiger partial charge < -0.3 is 4.55 Å². The van der Waals surface area contributed by atoms with Crippen LogP contribution in [0.25, 0.3) is 0 Å². The molecule has 72 valence electrons. The number of rotatable bonds is 3. The van der Waals surface area contributed by atoms with E-state index in [0.29, 0.717) is 0 Å². The zero-order valence-corrected chi connectivity index (χ0v) is 7.35. The largest absolute Gasteiger partial charge is 0.306 e. The van der Waals surface area contributed by atoms with Gasteiger partial charge in [-0.2, -0.15) is 4.39 Å². The SMILES string of the molecule is O=S(O)CCc1c(F)ccnc1F. The molecule has 1 atom stereocenters. The Morgan fingerprint density at radius 1 is 1.54 bits per heavy atom. The molecule has 1 unspecified atom stereocenters. The molecule has 1 heterocycles. The van der Waals surface area contributed by atoms with E-state index in [1.807, 2.05) is 0 Å². The lowest BCUT2D eigenvalue weighted by Gasteiger charge is -2.00. The molecule has 0 aromatic carbocycles. The summed E-state index contributed by atoms with van der Waals surface area (Å²) in [6, 6.07) is 1.01. The summed E-state index contributed by atoms with van der Waals surface area (Å²) in [5.41, 5.74) is -0.245. The topological polar surface area (TPSA) is 50.2 Å². The van der Waals surface area contributed by atoms with Gasteiger partial charge in [0.1, 0.15) is 5.82 Å². The van der Waals surface area contributed by atoms with Gasteiger partial charge in [0.25, 0.3) is 0 Å². The highest BCUT2D eigenvalue weighted by Gasteiger charge is 2.09. The van der Waals surface area contributed by atoms with E-state index in [2.05, 4.69) is 4.98 Å². The van der Waals surface area contributed by atoms with Crippen molar-refractivity contribution in [1.29, 1.82) is 0 Å². The van der Waals surface area contributed by atoms with Gasteiger partial charge >= 0.3 is 0 Å². The molecule has 3 nitrogen and oxygen atoms in total. The predicted molar refractivity (Wildman–Crippen MR) is 43.5 cm³/mol. The molecule has 0 spiro atoms. The molecule has 0 amide bonds. The standard InChI is InChI=1S/C7H7F2NO2S/c8-6-1-3-10-7(9)5(6)2-4-13(11)12/h1,3H,2,4H2,(H,11,12). The molecule has 0 radical (unpaired) electrons. The number of hydrogen-bond donors (Lipinski definition) is 1. The molecule has 1 aromatic rings. The summed E-state index contributed by atoms with van der Waals surface area (Å²) in [6.07, 6.45) is 0.874. The Kier molecular flexibility index (Phi) is 3.44. The highest BCUT2D eigenvalue weighted by molar-refractivity contribution is 7.79. The second kappa shape index (κ2) is 4.38. The molecule has 1 N–H and O–H groups in total. The van der Waals surface area contributed by atoms with Crippen LogP contribution in [0.1, 0.15) is 5.56 Å². The van der Waals surface area contributed by atoms with Gasteiger partial charge in [0.2, 0.25) is 5.95 Å². The Morgan fingerprint density at radius 3 is 2.77 bits per heavy atom. The minimum absolute atomic E-state index is 0.130. The van der Waals surface area contributed by atoms with Gasteiger partial charge in [-0.1, -0.05) is 0 Å². The van der Waals surface area contributed by atoms with Crippen LogP contribution < -0.4 is 0 Å².